The molecule has 184 valence electrons. The van der Waals surface area contributed by atoms with E-state index in [-0.39, 0.29) is 23.6 Å². The third-order valence-electron chi connectivity index (χ3n) is 6.46. The average Bonchev–Trinajstić information content (AvgIpc) is 2.88. The molecule has 2 heterocycles. The van der Waals surface area contributed by atoms with E-state index >= 15 is 0 Å². The van der Waals surface area contributed by atoms with Crippen LogP contribution in [0.15, 0.2) is 53.4 Å². The predicted octanol–water partition coefficient (Wildman–Crippen LogP) is 2.02. The van der Waals surface area contributed by atoms with Crippen LogP contribution >= 0.6 is 11.8 Å². The number of hydrogen-bond acceptors (Lipinski definition) is 5. The van der Waals surface area contributed by atoms with E-state index in [9.17, 15) is 9.59 Å². The van der Waals surface area contributed by atoms with Crippen molar-refractivity contribution in [3.05, 3.63) is 65.2 Å². The number of carbonyl (C=O) groups is 2. The summed E-state index contributed by atoms with van der Waals surface area (Å²) in [6.45, 7) is 3.49. The highest BCUT2D eigenvalue weighted by Crippen LogP contribution is 2.31. The molecule has 2 aliphatic heterocycles. The SMILES string of the molecule is N=C(N)c1ccc(C(=O)N2CCN(C(=O)c3cccc(SC4CCN(C(=N)N)CC4)c3)CC2)cc1. The number of nitrogen functional groups attached to an aromatic ring is 1. The molecule has 0 spiro atoms. The molecule has 0 atom stereocenters. The van der Waals surface area contributed by atoms with E-state index in [4.69, 9.17) is 22.3 Å². The normalized spacial score (nSPS) is 16.7. The van der Waals surface area contributed by atoms with Gasteiger partial charge in [-0.2, -0.15) is 0 Å². The molecule has 2 aliphatic rings. The molecular formula is C25H31N7O2S. The second-order valence-corrected chi connectivity index (χ2v) is 10.2. The Hall–Kier alpha value is -3.53. The molecule has 0 saturated carbocycles. The first kappa shape index (κ1) is 24.6. The largest absolute Gasteiger partial charge is 0.384 e. The number of piperidine rings is 1. The first-order valence-corrected chi connectivity index (χ1v) is 12.6. The number of carbonyl (C=O) groups excluding carboxylic acids is 2. The summed E-state index contributed by atoms with van der Waals surface area (Å²) in [5.74, 6) is 0.00358. The zero-order chi connectivity index (χ0) is 24.9. The summed E-state index contributed by atoms with van der Waals surface area (Å²) >= 11 is 1.78. The number of likely N-dealkylation sites (tertiary alicyclic amines) is 1. The topological polar surface area (TPSA) is 144 Å². The minimum Gasteiger partial charge on any atom is -0.384 e. The molecule has 2 aromatic carbocycles. The van der Waals surface area contributed by atoms with Crippen LogP contribution in [-0.4, -0.2) is 82.8 Å². The third kappa shape index (κ3) is 5.94. The quantitative estimate of drug-likeness (QED) is 0.371. The number of nitrogens with zero attached hydrogens (tertiary/aromatic N) is 3. The Morgan fingerprint density at radius 1 is 0.743 bits per heavy atom. The van der Waals surface area contributed by atoms with Gasteiger partial charge in [-0.05, 0) is 43.2 Å². The van der Waals surface area contributed by atoms with Crippen molar-refractivity contribution in [1.29, 1.82) is 10.8 Å². The molecule has 2 saturated heterocycles. The van der Waals surface area contributed by atoms with Crippen molar-refractivity contribution < 1.29 is 9.59 Å². The maximum absolute atomic E-state index is 13.1. The van der Waals surface area contributed by atoms with Crippen molar-refractivity contribution in [2.45, 2.75) is 23.0 Å². The summed E-state index contributed by atoms with van der Waals surface area (Å²) in [4.78, 5) is 32.5. The standard InChI is InChI=1S/C25H31N7O2S/c26-22(27)17-4-6-18(7-5-17)23(33)30-12-14-31(15-13-30)24(34)19-2-1-3-21(16-19)35-20-8-10-32(11-9-20)25(28)29/h1-7,16,20H,8-15H2,(H3,26,27)(H3,28,29). The fourth-order valence-electron chi connectivity index (χ4n) is 4.38. The summed E-state index contributed by atoms with van der Waals surface area (Å²) in [5.41, 5.74) is 12.9. The lowest BCUT2D eigenvalue weighted by Gasteiger charge is -2.35. The molecule has 2 aromatic rings. The molecule has 0 unspecified atom stereocenters. The van der Waals surface area contributed by atoms with Crippen LogP contribution in [0.4, 0.5) is 0 Å². The molecule has 0 aliphatic carbocycles. The van der Waals surface area contributed by atoms with Crippen LogP contribution in [0, 0.1) is 10.8 Å². The second kappa shape index (κ2) is 10.8. The van der Waals surface area contributed by atoms with Crippen molar-refractivity contribution in [3.63, 3.8) is 0 Å². The van der Waals surface area contributed by atoms with Crippen molar-refractivity contribution in [3.8, 4) is 0 Å². The maximum Gasteiger partial charge on any atom is 0.254 e. The average molecular weight is 494 g/mol. The number of nitrogens with one attached hydrogen (secondary N) is 2. The molecule has 10 heteroatoms. The van der Waals surface area contributed by atoms with Gasteiger partial charge in [0.05, 0.1) is 0 Å². The van der Waals surface area contributed by atoms with Crippen LogP contribution in [0.3, 0.4) is 0 Å². The second-order valence-electron chi connectivity index (χ2n) is 8.79. The van der Waals surface area contributed by atoms with Crippen LogP contribution in [0.1, 0.15) is 39.1 Å². The number of amidine groups is 1. The minimum absolute atomic E-state index is 0.0169. The van der Waals surface area contributed by atoms with Gasteiger partial charge in [-0.25, -0.2) is 0 Å². The molecule has 9 nitrogen and oxygen atoms in total. The van der Waals surface area contributed by atoms with Gasteiger partial charge in [0, 0.05) is 66.1 Å². The highest BCUT2D eigenvalue weighted by atomic mass is 32.2. The van der Waals surface area contributed by atoms with Gasteiger partial charge in [-0.1, -0.05) is 18.2 Å². The lowest BCUT2D eigenvalue weighted by atomic mass is 10.1. The molecular weight excluding hydrogens is 462 g/mol. The van der Waals surface area contributed by atoms with Crippen LogP contribution < -0.4 is 11.5 Å². The molecule has 0 aromatic heterocycles. The summed E-state index contributed by atoms with van der Waals surface area (Å²) in [6.07, 6.45) is 1.91. The molecule has 0 radical (unpaired) electrons. The van der Waals surface area contributed by atoms with E-state index < -0.39 is 0 Å². The van der Waals surface area contributed by atoms with Gasteiger partial charge in [0.25, 0.3) is 11.8 Å². The van der Waals surface area contributed by atoms with Gasteiger partial charge in [-0.3, -0.25) is 20.4 Å². The zero-order valence-electron chi connectivity index (χ0n) is 19.6. The lowest BCUT2D eigenvalue weighted by Crippen LogP contribution is -2.50. The number of thioether (sulfide) groups is 1. The lowest BCUT2D eigenvalue weighted by molar-refractivity contribution is 0.0535. The summed E-state index contributed by atoms with van der Waals surface area (Å²) < 4.78 is 0. The first-order valence-electron chi connectivity index (χ1n) is 11.7. The van der Waals surface area contributed by atoms with Gasteiger partial charge in [-0.15, -0.1) is 11.8 Å². The summed E-state index contributed by atoms with van der Waals surface area (Å²) in [5, 5.41) is 15.5. The highest BCUT2D eigenvalue weighted by molar-refractivity contribution is 8.00. The Morgan fingerprint density at radius 2 is 1.29 bits per heavy atom. The maximum atomic E-state index is 13.1. The predicted molar refractivity (Wildman–Crippen MR) is 138 cm³/mol. The van der Waals surface area contributed by atoms with Gasteiger partial charge >= 0.3 is 0 Å². The summed E-state index contributed by atoms with van der Waals surface area (Å²) in [6, 6.07) is 14.5. The number of benzene rings is 2. The van der Waals surface area contributed by atoms with E-state index in [0.717, 1.165) is 30.8 Å². The molecule has 35 heavy (non-hydrogen) atoms. The van der Waals surface area contributed by atoms with Crippen molar-refractivity contribution in [1.82, 2.24) is 14.7 Å². The Labute approximate surface area is 209 Å². The van der Waals surface area contributed by atoms with Crippen molar-refractivity contribution in [2.75, 3.05) is 39.3 Å². The number of piperazine rings is 1. The van der Waals surface area contributed by atoms with Crippen LogP contribution in [0.5, 0.6) is 0 Å². The fraction of sp³-hybridized carbons (Fsp3) is 0.360. The summed E-state index contributed by atoms with van der Waals surface area (Å²) in [7, 11) is 0. The highest BCUT2D eigenvalue weighted by Gasteiger charge is 2.26. The monoisotopic (exact) mass is 493 g/mol. The number of hydrogen-bond donors (Lipinski definition) is 4. The van der Waals surface area contributed by atoms with Gasteiger partial charge in [0.2, 0.25) is 0 Å². The molecule has 4 rings (SSSR count). The van der Waals surface area contributed by atoms with Gasteiger partial charge in [0.15, 0.2) is 5.96 Å². The molecule has 6 N–H and O–H groups in total. The smallest absolute Gasteiger partial charge is 0.254 e. The Kier molecular flexibility index (Phi) is 7.60. The number of rotatable bonds is 5. The molecule has 2 amide bonds. The molecule has 2 fully saturated rings. The van der Waals surface area contributed by atoms with E-state index in [1.165, 1.54) is 0 Å². The van der Waals surface area contributed by atoms with Crippen molar-refractivity contribution in [2.24, 2.45) is 11.5 Å². The molecule has 0 bridgehead atoms. The van der Waals surface area contributed by atoms with Crippen LogP contribution in [0.2, 0.25) is 0 Å². The number of amides is 2. The first-order chi connectivity index (χ1) is 16.8. The van der Waals surface area contributed by atoms with Crippen molar-refractivity contribution >= 4 is 35.4 Å². The fourth-order valence-corrected chi connectivity index (χ4v) is 5.56. The minimum atomic E-state index is -0.0820. The van der Waals surface area contributed by atoms with Gasteiger partial charge in [0.1, 0.15) is 5.84 Å². The third-order valence-corrected chi connectivity index (χ3v) is 7.79. The van der Waals surface area contributed by atoms with Gasteiger partial charge < -0.3 is 26.2 Å². The van der Waals surface area contributed by atoms with E-state index in [1.807, 2.05) is 29.2 Å². The van der Waals surface area contributed by atoms with E-state index in [2.05, 4.69) is 0 Å². The Balaban J connectivity index is 1.31. The van der Waals surface area contributed by atoms with E-state index in [0.29, 0.717) is 48.1 Å². The van der Waals surface area contributed by atoms with E-state index in [1.54, 1.807) is 45.8 Å². The number of nitrogens with two attached hydrogens (primary N) is 2. The number of guanidine groups is 1. The Bertz CT molecular complexity index is 1110. The Morgan fingerprint density at radius 3 is 1.83 bits per heavy atom. The zero-order valence-corrected chi connectivity index (χ0v) is 20.4. The van der Waals surface area contributed by atoms with Crippen LogP contribution in [0.25, 0.3) is 0 Å². The van der Waals surface area contributed by atoms with Crippen LogP contribution in [-0.2, 0) is 0 Å².